The molecule has 0 unspecified atom stereocenters. The molecule has 0 amide bonds. The molecule has 0 spiro atoms. The molecule has 0 aromatic heterocycles. The minimum Gasteiger partial charge on any atom is -0.456 e. The summed E-state index contributed by atoms with van der Waals surface area (Å²) in [5.41, 5.74) is 6.60. The van der Waals surface area contributed by atoms with Gasteiger partial charge in [0.2, 0.25) is 0 Å². The maximum atomic E-state index is 12.0. The van der Waals surface area contributed by atoms with E-state index in [-0.39, 0.29) is 5.97 Å². The van der Waals surface area contributed by atoms with Crippen LogP contribution in [0.5, 0.6) is 0 Å². The second-order valence-electron chi connectivity index (χ2n) is 5.29. The quantitative estimate of drug-likeness (QED) is 0.617. The summed E-state index contributed by atoms with van der Waals surface area (Å²) in [6.45, 7) is 5.54. The third kappa shape index (κ3) is 2.62. The molecule has 0 saturated heterocycles. The molecule has 3 heteroatoms. The maximum Gasteiger partial charge on any atom is 0.338 e. The molecular weight excluding hydrogens is 226 g/mol. The Morgan fingerprint density at radius 1 is 1.17 bits per heavy atom. The fraction of sp³-hybridized carbons (Fsp3) is 0.267. The van der Waals surface area contributed by atoms with Crippen molar-refractivity contribution in [3.05, 3.63) is 42.0 Å². The summed E-state index contributed by atoms with van der Waals surface area (Å²) < 4.78 is 5.33. The number of nitrogens with two attached hydrogens (primary N) is 1. The topological polar surface area (TPSA) is 52.3 Å². The first-order valence-electron chi connectivity index (χ1n) is 5.88. The highest BCUT2D eigenvalue weighted by Crippen LogP contribution is 2.23. The van der Waals surface area contributed by atoms with Crippen LogP contribution in [-0.4, -0.2) is 11.6 Å². The second-order valence-corrected chi connectivity index (χ2v) is 5.29. The van der Waals surface area contributed by atoms with Gasteiger partial charge in [0.25, 0.3) is 0 Å². The molecular formula is C15H17NO2. The molecule has 3 nitrogen and oxygen atoms in total. The van der Waals surface area contributed by atoms with Gasteiger partial charge >= 0.3 is 5.97 Å². The van der Waals surface area contributed by atoms with E-state index >= 15 is 0 Å². The number of esters is 1. The molecule has 0 bridgehead atoms. The molecule has 0 aliphatic heterocycles. The Balaban J connectivity index is 2.41. The van der Waals surface area contributed by atoms with E-state index in [1.807, 2.05) is 45.0 Å². The van der Waals surface area contributed by atoms with Gasteiger partial charge in [0, 0.05) is 11.1 Å². The number of anilines is 1. The molecule has 0 aliphatic carbocycles. The summed E-state index contributed by atoms with van der Waals surface area (Å²) in [6, 6.07) is 11.1. The van der Waals surface area contributed by atoms with Crippen molar-refractivity contribution in [3.8, 4) is 0 Å². The lowest BCUT2D eigenvalue weighted by molar-refractivity contribution is 0.00697. The van der Waals surface area contributed by atoms with E-state index in [1.54, 1.807) is 12.1 Å². The van der Waals surface area contributed by atoms with E-state index in [2.05, 4.69) is 0 Å². The number of rotatable bonds is 1. The Kier molecular flexibility index (Phi) is 2.99. The average molecular weight is 243 g/mol. The first-order valence-corrected chi connectivity index (χ1v) is 5.88. The summed E-state index contributed by atoms with van der Waals surface area (Å²) >= 11 is 0. The summed E-state index contributed by atoms with van der Waals surface area (Å²) in [5, 5.41) is 1.89. The van der Waals surface area contributed by atoms with Gasteiger partial charge in [-0.2, -0.15) is 0 Å². The van der Waals surface area contributed by atoms with E-state index in [4.69, 9.17) is 10.5 Å². The number of ether oxygens (including phenoxy) is 1. The van der Waals surface area contributed by atoms with Crippen LogP contribution in [0.25, 0.3) is 10.8 Å². The minimum absolute atomic E-state index is 0.326. The van der Waals surface area contributed by atoms with Crippen molar-refractivity contribution >= 4 is 22.4 Å². The number of fused-ring (bicyclic) bond motifs is 1. The van der Waals surface area contributed by atoms with Gasteiger partial charge in [-0.3, -0.25) is 0 Å². The van der Waals surface area contributed by atoms with Gasteiger partial charge in [0.05, 0.1) is 5.56 Å². The van der Waals surface area contributed by atoms with Gasteiger partial charge in [0.15, 0.2) is 0 Å². The van der Waals surface area contributed by atoms with Crippen LogP contribution in [0.15, 0.2) is 36.4 Å². The van der Waals surface area contributed by atoms with Crippen LogP contribution < -0.4 is 5.73 Å². The third-order valence-corrected chi connectivity index (χ3v) is 2.55. The number of carbonyl (C=O) groups excluding carboxylic acids is 1. The first kappa shape index (κ1) is 12.4. The highest BCUT2D eigenvalue weighted by Gasteiger charge is 2.18. The molecule has 94 valence electrons. The van der Waals surface area contributed by atoms with Crippen molar-refractivity contribution in [3.63, 3.8) is 0 Å². The molecule has 0 radical (unpaired) electrons. The van der Waals surface area contributed by atoms with Crippen LogP contribution in [-0.2, 0) is 4.74 Å². The number of nitrogen functional groups attached to an aromatic ring is 1. The normalized spacial score (nSPS) is 11.5. The Labute approximate surface area is 107 Å². The Morgan fingerprint density at radius 3 is 2.56 bits per heavy atom. The molecule has 0 fully saturated rings. The highest BCUT2D eigenvalue weighted by molar-refractivity contribution is 5.99. The highest BCUT2D eigenvalue weighted by atomic mass is 16.6. The molecule has 0 heterocycles. The smallest absolute Gasteiger partial charge is 0.338 e. The lowest BCUT2D eigenvalue weighted by atomic mass is 10.1. The number of carbonyl (C=O) groups is 1. The SMILES string of the molecule is CC(C)(C)OC(=O)c1ccc2cccc(N)c2c1. The Hall–Kier alpha value is -2.03. The summed E-state index contributed by atoms with van der Waals surface area (Å²) in [7, 11) is 0. The predicted molar refractivity (Wildman–Crippen MR) is 73.5 cm³/mol. The number of hydrogen-bond donors (Lipinski definition) is 1. The second kappa shape index (κ2) is 4.33. The molecule has 0 saturated carbocycles. The van der Waals surface area contributed by atoms with Crippen molar-refractivity contribution in [2.24, 2.45) is 0 Å². The van der Waals surface area contributed by atoms with Crippen molar-refractivity contribution < 1.29 is 9.53 Å². The molecule has 0 aliphatic rings. The van der Waals surface area contributed by atoms with Crippen LogP contribution in [0.4, 0.5) is 5.69 Å². The number of benzene rings is 2. The lowest BCUT2D eigenvalue weighted by Gasteiger charge is -2.19. The maximum absolute atomic E-state index is 12.0. The van der Waals surface area contributed by atoms with Crippen LogP contribution in [0.2, 0.25) is 0 Å². The summed E-state index contributed by atoms with van der Waals surface area (Å²) in [6.07, 6.45) is 0. The third-order valence-electron chi connectivity index (χ3n) is 2.55. The largest absolute Gasteiger partial charge is 0.456 e. The Morgan fingerprint density at radius 2 is 1.89 bits per heavy atom. The Bertz CT molecular complexity index is 597. The van der Waals surface area contributed by atoms with Crippen LogP contribution in [0, 0.1) is 0 Å². The molecule has 2 aromatic carbocycles. The lowest BCUT2D eigenvalue weighted by Crippen LogP contribution is -2.23. The van der Waals surface area contributed by atoms with E-state index in [9.17, 15) is 4.79 Å². The van der Waals surface area contributed by atoms with Crippen molar-refractivity contribution in [2.45, 2.75) is 26.4 Å². The summed E-state index contributed by atoms with van der Waals surface area (Å²) in [5.74, 6) is -0.326. The average Bonchev–Trinajstić information content (AvgIpc) is 2.27. The molecule has 2 N–H and O–H groups in total. The zero-order valence-corrected chi connectivity index (χ0v) is 10.9. The van der Waals surface area contributed by atoms with Crippen molar-refractivity contribution in [2.75, 3.05) is 5.73 Å². The molecule has 2 rings (SSSR count). The van der Waals surface area contributed by atoms with Gasteiger partial charge in [-0.1, -0.05) is 18.2 Å². The molecule has 0 atom stereocenters. The molecule has 2 aromatic rings. The van der Waals surface area contributed by atoms with Crippen LogP contribution >= 0.6 is 0 Å². The van der Waals surface area contributed by atoms with Gasteiger partial charge < -0.3 is 10.5 Å². The zero-order valence-electron chi connectivity index (χ0n) is 10.9. The van der Waals surface area contributed by atoms with Gasteiger partial charge in [-0.05, 0) is 44.4 Å². The zero-order chi connectivity index (χ0) is 13.3. The van der Waals surface area contributed by atoms with Crippen molar-refractivity contribution in [1.82, 2.24) is 0 Å². The van der Waals surface area contributed by atoms with E-state index in [1.165, 1.54) is 0 Å². The van der Waals surface area contributed by atoms with E-state index in [0.29, 0.717) is 11.3 Å². The fourth-order valence-electron chi connectivity index (χ4n) is 1.76. The van der Waals surface area contributed by atoms with Gasteiger partial charge in [-0.15, -0.1) is 0 Å². The first-order chi connectivity index (χ1) is 8.37. The van der Waals surface area contributed by atoms with Crippen LogP contribution in [0.3, 0.4) is 0 Å². The monoisotopic (exact) mass is 243 g/mol. The van der Waals surface area contributed by atoms with Crippen LogP contribution in [0.1, 0.15) is 31.1 Å². The molecule has 18 heavy (non-hydrogen) atoms. The fourth-order valence-corrected chi connectivity index (χ4v) is 1.76. The minimum atomic E-state index is -0.492. The number of hydrogen-bond acceptors (Lipinski definition) is 3. The predicted octanol–water partition coefficient (Wildman–Crippen LogP) is 3.38. The van der Waals surface area contributed by atoms with Crippen molar-refractivity contribution in [1.29, 1.82) is 0 Å². The van der Waals surface area contributed by atoms with Gasteiger partial charge in [-0.25, -0.2) is 4.79 Å². The standard InChI is InChI=1S/C15H17NO2/c1-15(2,3)18-14(17)11-8-7-10-5-4-6-13(16)12(10)9-11/h4-9H,16H2,1-3H3. The summed E-state index contributed by atoms with van der Waals surface area (Å²) in [4.78, 5) is 12.0. The van der Waals surface area contributed by atoms with E-state index in [0.717, 1.165) is 10.8 Å². The van der Waals surface area contributed by atoms with Gasteiger partial charge in [0.1, 0.15) is 5.60 Å². The van der Waals surface area contributed by atoms with E-state index < -0.39 is 5.60 Å².